The van der Waals surface area contributed by atoms with Gasteiger partial charge in [0.15, 0.2) is 5.13 Å². The van der Waals surface area contributed by atoms with Crippen LogP contribution in [-0.4, -0.2) is 19.9 Å². The monoisotopic (exact) mass is 327 g/mol. The van der Waals surface area contributed by atoms with E-state index in [0.29, 0.717) is 11.8 Å². The molecule has 0 fully saturated rings. The van der Waals surface area contributed by atoms with Crippen LogP contribution < -0.4 is 5.32 Å². The summed E-state index contributed by atoms with van der Waals surface area (Å²) in [5.74, 6) is 1.94. The maximum Gasteiger partial charge on any atom is 0.228 e. The second-order valence-corrected chi connectivity index (χ2v) is 6.84. The molecule has 3 heterocycles. The van der Waals surface area contributed by atoms with E-state index in [1.54, 1.807) is 24.8 Å². The van der Waals surface area contributed by atoms with Crippen molar-refractivity contribution < 1.29 is 4.42 Å². The van der Waals surface area contributed by atoms with E-state index >= 15 is 0 Å². The molecule has 0 aliphatic heterocycles. The Morgan fingerprint density at radius 1 is 1.04 bits per heavy atom. The van der Waals surface area contributed by atoms with E-state index in [0.717, 1.165) is 16.5 Å². The van der Waals surface area contributed by atoms with Crippen molar-refractivity contribution >= 4 is 34.6 Å². The van der Waals surface area contributed by atoms with Gasteiger partial charge in [-0.05, 0) is 6.08 Å². The van der Waals surface area contributed by atoms with Gasteiger partial charge in [-0.25, -0.2) is 19.9 Å². The molecule has 7 heteroatoms. The van der Waals surface area contributed by atoms with Crippen LogP contribution in [0.5, 0.6) is 0 Å². The molecule has 3 rings (SSSR count). The Kier molecular flexibility index (Phi) is 4.20. The predicted molar refractivity (Wildman–Crippen MR) is 91.6 cm³/mol. The molecular weight excluding hydrogens is 310 g/mol. The Labute approximate surface area is 138 Å². The van der Waals surface area contributed by atoms with Gasteiger partial charge in [-0.15, -0.1) is 11.3 Å². The minimum absolute atomic E-state index is 0.0503. The number of hydrogen-bond acceptors (Lipinski definition) is 7. The molecule has 0 spiro atoms. The third-order valence-corrected chi connectivity index (χ3v) is 3.69. The van der Waals surface area contributed by atoms with Gasteiger partial charge in [0.25, 0.3) is 0 Å². The minimum Gasteiger partial charge on any atom is -0.441 e. The van der Waals surface area contributed by atoms with Crippen molar-refractivity contribution in [2.24, 2.45) is 0 Å². The van der Waals surface area contributed by atoms with Gasteiger partial charge in [0, 0.05) is 41.0 Å². The first-order valence-corrected chi connectivity index (χ1v) is 8.01. The van der Waals surface area contributed by atoms with E-state index in [4.69, 9.17) is 4.42 Å². The first kappa shape index (κ1) is 15.4. The largest absolute Gasteiger partial charge is 0.441 e. The molecule has 0 saturated heterocycles. The van der Waals surface area contributed by atoms with Gasteiger partial charge in [-0.1, -0.05) is 20.8 Å². The molecule has 23 heavy (non-hydrogen) atoms. The molecule has 3 aromatic heterocycles. The van der Waals surface area contributed by atoms with Gasteiger partial charge in [0.1, 0.15) is 5.76 Å². The number of aromatic nitrogens is 4. The number of rotatable bonds is 4. The summed E-state index contributed by atoms with van der Waals surface area (Å²) in [7, 11) is 0. The van der Waals surface area contributed by atoms with Crippen molar-refractivity contribution in [3.8, 4) is 0 Å². The van der Waals surface area contributed by atoms with Gasteiger partial charge >= 0.3 is 0 Å². The van der Waals surface area contributed by atoms with Crippen LogP contribution in [-0.2, 0) is 5.41 Å². The van der Waals surface area contributed by atoms with E-state index in [9.17, 15) is 0 Å². The summed E-state index contributed by atoms with van der Waals surface area (Å²) >= 11 is 1.50. The molecule has 0 radical (unpaired) electrons. The van der Waals surface area contributed by atoms with Crippen molar-refractivity contribution in [3.63, 3.8) is 0 Å². The van der Waals surface area contributed by atoms with E-state index in [2.05, 4.69) is 46.0 Å². The fraction of sp³-hybridized carbons (Fsp3) is 0.250. The third-order valence-electron chi connectivity index (χ3n) is 3.00. The topological polar surface area (TPSA) is 76.7 Å². The van der Waals surface area contributed by atoms with Crippen LogP contribution >= 0.6 is 11.3 Å². The molecular formula is C16H17N5OS. The highest BCUT2D eigenvalue weighted by molar-refractivity contribution is 7.13. The first-order valence-electron chi connectivity index (χ1n) is 7.14. The SMILES string of the molecule is CC(C)(C)c1cnc(C=Cc2cnc(Nc3nccs3)nc2)o1. The van der Waals surface area contributed by atoms with Crippen molar-refractivity contribution in [2.75, 3.05) is 5.32 Å². The highest BCUT2D eigenvalue weighted by atomic mass is 32.1. The van der Waals surface area contributed by atoms with Crippen LogP contribution in [0.2, 0.25) is 0 Å². The summed E-state index contributed by atoms with van der Waals surface area (Å²) in [5, 5.41) is 5.69. The van der Waals surface area contributed by atoms with E-state index in [1.807, 2.05) is 17.5 Å². The third kappa shape index (κ3) is 4.01. The number of anilines is 2. The summed E-state index contributed by atoms with van der Waals surface area (Å²) in [6, 6.07) is 0. The molecule has 0 unspecified atom stereocenters. The lowest BCUT2D eigenvalue weighted by Crippen LogP contribution is -2.09. The number of oxazole rings is 1. The highest BCUT2D eigenvalue weighted by Crippen LogP contribution is 2.23. The predicted octanol–water partition coefficient (Wildman–Crippen LogP) is 4.13. The molecule has 3 aromatic rings. The molecule has 6 nitrogen and oxygen atoms in total. The van der Waals surface area contributed by atoms with Gasteiger partial charge in [-0.3, -0.25) is 0 Å². The van der Waals surface area contributed by atoms with Gasteiger partial charge in [0.2, 0.25) is 11.8 Å². The van der Waals surface area contributed by atoms with Crippen LogP contribution in [0.15, 0.2) is 34.6 Å². The number of nitrogens with one attached hydrogen (secondary N) is 1. The maximum absolute atomic E-state index is 5.71. The Morgan fingerprint density at radius 2 is 1.83 bits per heavy atom. The lowest BCUT2D eigenvalue weighted by molar-refractivity contribution is 0.403. The lowest BCUT2D eigenvalue weighted by Gasteiger charge is -2.12. The summed E-state index contributed by atoms with van der Waals surface area (Å²) in [5.41, 5.74) is 0.816. The normalized spacial score (nSPS) is 12.0. The number of nitrogens with zero attached hydrogens (tertiary/aromatic N) is 4. The second kappa shape index (κ2) is 6.29. The van der Waals surface area contributed by atoms with Gasteiger partial charge in [0.05, 0.1) is 6.20 Å². The van der Waals surface area contributed by atoms with E-state index in [-0.39, 0.29) is 5.41 Å². The van der Waals surface area contributed by atoms with E-state index < -0.39 is 0 Å². The zero-order chi connectivity index (χ0) is 16.3. The van der Waals surface area contributed by atoms with Crippen LogP contribution in [0.25, 0.3) is 12.2 Å². The van der Waals surface area contributed by atoms with Crippen molar-refractivity contribution in [1.82, 2.24) is 19.9 Å². The summed E-state index contributed by atoms with van der Waals surface area (Å²) < 4.78 is 5.71. The zero-order valence-corrected chi connectivity index (χ0v) is 14.0. The number of thiazole rings is 1. The van der Waals surface area contributed by atoms with Gasteiger partial charge in [-0.2, -0.15) is 0 Å². The standard InChI is InChI=1S/C16H17N5OS/c1-16(2,3)12-10-18-13(22-12)5-4-11-8-19-14(20-9-11)21-15-17-6-7-23-15/h4-10H,1-3H3,(H,17,19,20,21). The number of hydrogen-bond donors (Lipinski definition) is 1. The Bertz CT molecular complexity index is 785. The molecule has 0 amide bonds. The quantitative estimate of drug-likeness (QED) is 0.776. The summed E-state index contributed by atoms with van der Waals surface area (Å²) in [4.78, 5) is 16.9. The minimum atomic E-state index is -0.0503. The highest BCUT2D eigenvalue weighted by Gasteiger charge is 2.18. The van der Waals surface area contributed by atoms with Crippen molar-refractivity contribution in [2.45, 2.75) is 26.2 Å². The molecule has 118 valence electrons. The smallest absolute Gasteiger partial charge is 0.228 e. The maximum atomic E-state index is 5.71. The molecule has 0 bridgehead atoms. The van der Waals surface area contributed by atoms with Crippen molar-refractivity contribution in [3.05, 3.63) is 47.4 Å². The Hall–Kier alpha value is -2.54. The summed E-state index contributed by atoms with van der Waals surface area (Å²) in [6.07, 6.45) is 10.6. The molecule has 0 aliphatic carbocycles. The average Bonchev–Trinajstić information content (AvgIpc) is 3.17. The average molecular weight is 327 g/mol. The molecule has 1 N–H and O–H groups in total. The second-order valence-electron chi connectivity index (χ2n) is 5.95. The molecule has 0 aliphatic rings. The Morgan fingerprint density at radius 3 is 2.43 bits per heavy atom. The van der Waals surface area contributed by atoms with Crippen LogP contribution in [0.4, 0.5) is 11.1 Å². The lowest BCUT2D eigenvalue weighted by atomic mass is 9.94. The molecule has 0 atom stereocenters. The molecule has 0 aromatic carbocycles. The van der Waals surface area contributed by atoms with Gasteiger partial charge < -0.3 is 9.73 Å². The first-order chi connectivity index (χ1) is 11.0. The fourth-order valence-electron chi connectivity index (χ4n) is 1.75. The Balaban J connectivity index is 1.67. The van der Waals surface area contributed by atoms with Crippen LogP contribution in [0.1, 0.15) is 38.0 Å². The zero-order valence-electron chi connectivity index (χ0n) is 13.1. The fourth-order valence-corrected chi connectivity index (χ4v) is 2.27. The van der Waals surface area contributed by atoms with Crippen molar-refractivity contribution in [1.29, 1.82) is 0 Å². The van der Waals surface area contributed by atoms with Crippen LogP contribution in [0.3, 0.4) is 0 Å². The molecule has 0 saturated carbocycles. The van der Waals surface area contributed by atoms with Crippen LogP contribution in [0, 0.1) is 0 Å². The van der Waals surface area contributed by atoms with E-state index in [1.165, 1.54) is 11.3 Å². The summed E-state index contributed by atoms with van der Waals surface area (Å²) in [6.45, 7) is 6.26.